The van der Waals surface area contributed by atoms with Crippen molar-refractivity contribution < 1.29 is 4.74 Å². The van der Waals surface area contributed by atoms with Gasteiger partial charge >= 0.3 is 0 Å². The molecule has 0 aliphatic carbocycles. The predicted molar refractivity (Wildman–Crippen MR) is 149 cm³/mol. The molecule has 2 aromatic heterocycles. The molecule has 0 aliphatic heterocycles. The van der Waals surface area contributed by atoms with E-state index in [2.05, 4.69) is 89.9 Å². The van der Waals surface area contributed by atoms with Gasteiger partial charge in [0.2, 0.25) is 0 Å². The van der Waals surface area contributed by atoms with Gasteiger partial charge in [-0.25, -0.2) is 0 Å². The molecule has 0 aliphatic rings. The van der Waals surface area contributed by atoms with Crippen molar-refractivity contribution in [2.45, 2.75) is 0 Å². The molecule has 0 fully saturated rings. The maximum Gasteiger partial charge on any atom is 0.118 e. The van der Waals surface area contributed by atoms with Crippen LogP contribution in [0.3, 0.4) is 0 Å². The second kappa shape index (κ2) is 8.17. The Bertz CT molecular complexity index is 1870. The Labute approximate surface area is 208 Å². The molecule has 3 heteroatoms. The van der Waals surface area contributed by atoms with Crippen LogP contribution < -0.4 is 4.74 Å². The van der Waals surface area contributed by atoms with E-state index in [9.17, 15) is 0 Å². The number of nitrogens with zero attached hydrogens (tertiary/aromatic N) is 2. The van der Waals surface area contributed by atoms with Crippen molar-refractivity contribution in [2.24, 2.45) is 0 Å². The number of fused-ring (bicyclic) bond motifs is 5. The Balaban J connectivity index is 1.59. The molecule has 7 rings (SSSR count). The van der Waals surface area contributed by atoms with Crippen molar-refractivity contribution >= 4 is 43.4 Å². The summed E-state index contributed by atoms with van der Waals surface area (Å²) in [6, 6.07) is 36.2. The summed E-state index contributed by atoms with van der Waals surface area (Å²) in [5, 5.41) is 7.09. The molecule has 0 spiro atoms. The summed E-state index contributed by atoms with van der Waals surface area (Å²) in [4.78, 5) is 9.44. The zero-order valence-corrected chi connectivity index (χ0v) is 19.8. The molecular formula is C33H22N2O. The van der Waals surface area contributed by atoms with Gasteiger partial charge in [-0.1, -0.05) is 78.9 Å². The average molecular weight is 463 g/mol. The number of pyridine rings is 2. The van der Waals surface area contributed by atoms with Crippen LogP contribution in [-0.2, 0) is 0 Å². The number of rotatable bonds is 3. The fraction of sp³-hybridized carbons (Fsp3) is 0.0303. The molecule has 3 nitrogen and oxygen atoms in total. The molecule has 7 aromatic rings. The first-order valence-electron chi connectivity index (χ1n) is 12.0. The van der Waals surface area contributed by atoms with Crippen LogP contribution in [0.1, 0.15) is 0 Å². The Morgan fingerprint density at radius 1 is 0.472 bits per heavy atom. The third kappa shape index (κ3) is 3.14. The lowest BCUT2D eigenvalue weighted by Crippen LogP contribution is -1.92. The zero-order chi connectivity index (χ0) is 24.1. The summed E-state index contributed by atoms with van der Waals surface area (Å²) in [7, 11) is 1.70. The van der Waals surface area contributed by atoms with Gasteiger partial charge in [-0.15, -0.1) is 0 Å². The van der Waals surface area contributed by atoms with Crippen LogP contribution >= 0.6 is 0 Å². The first-order valence-corrected chi connectivity index (χ1v) is 12.0. The molecule has 0 saturated carbocycles. The van der Waals surface area contributed by atoms with Gasteiger partial charge in [-0.05, 0) is 62.5 Å². The number of benzene rings is 5. The van der Waals surface area contributed by atoms with Gasteiger partial charge in [-0.2, -0.15) is 0 Å². The molecule has 5 aromatic carbocycles. The summed E-state index contributed by atoms with van der Waals surface area (Å²) in [6.07, 6.45) is 3.85. The minimum atomic E-state index is 0.855. The molecular weight excluding hydrogens is 440 g/mol. The quantitative estimate of drug-likeness (QED) is 0.195. The molecule has 36 heavy (non-hydrogen) atoms. The molecule has 0 radical (unpaired) electrons. The fourth-order valence-electron chi connectivity index (χ4n) is 5.38. The molecule has 0 saturated heterocycles. The highest BCUT2D eigenvalue weighted by Crippen LogP contribution is 2.44. The minimum absolute atomic E-state index is 0.855. The highest BCUT2D eigenvalue weighted by molar-refractivity contribution is 6.22. The van der Waals surface area contributed by atoms with E-state index in [1.165, 1.54) is 38.2 Å². The van der Waals surface area contributed by atoms with Gasteiger partial charge < -0.3 is 4.74 Å². The number of aromatic nitrogens is 2. The summed E-state index contributed by atoms with van der Waals surface area (Å²) < 4.78 is 5.41. The summed E-state index contributed by atoms with van der Waals surface area (Å²) in [5.74, 6) is 0.855. The van der Waals surface area contributed by atoms with Crippen LogP contribution in [0, 0.1) is 0 Å². The van der Waals surface area contributed by atoms with Crippen molar-refractivity contribution in [1.29, 1.82) is 0 Å². The Kier molecular flexibility index (Phi) is 4.68. The van der Waals surface area contributed by atoms with Crippen molar-refractivity contribution in [3.05, 3.63) is 116 Å². The molecule has 0 unspecified atom stereocenters. The zero-order valence-electron chi connectivity index (χ0n) is 19.8. The SMILES string of the molecule is COc1ccc(-c2c3ccccc3c(-c3cnc4cnc5ccccc5c4c3)c3ccccc23)cc1. The molecule has 170 valence electrons. The highest BCUT2D eigenvalue weighted by atomic mass is 16.5. The van der Waals surface area contributed by atoms with E-state index in [1.807, 2.05) is 30.6 Å². The van der Waals surface area contributed by atoms with Gasteiger partial charge in [0, 0.05) is 22.5 Å². The van der Waals surface area contributed by atoms with Gasteiger partial charge in [0.15, 0.2) is 0 Å². The second-order valence-electron chi connectivity index (χ2n) is 9.00. The summed E-state index contributed by atoms with van der Waals surface area (Å²) >= 11 is 0. The average Bonchev–Trinajstić information content (AvgIpc) is 2.95. The number of para-hydroxylation sites is 1. The standard InChI is InChI=1S/C33H22N2O/c1-36-23-16-14-21(15-17-23)32-25-9-2-4-11-27(25)33(28-12-5-3-10-26(28)32)22-18-29-24-8-6-7-13-30(24)35-20-31(29)34-19-22/h2-20H,1H3. The lowest BCUT2D eigenvalue weighted by molar-refractivity contribution is 0.415. The van der Waals surface area contributed by atoms with Gasteiger partial charge in [0.05, 0.1) is 24.3 Å². The largest absolute Gasteiger partial charge is 0.497 e. The maximum absolute atomic E-state index is 5.41. The Morgan fingerprint density at radius 3 is 1.61 bits per heavy atom. The predicted octanol–water partition coefficient (Wildman–Crippen LogP) is 8.43. The molecule has 0 amide bonds. The number of methoxy groups -OCH3 is 1. The second-order valence-corrected chi connectivity index (χ2v) is 9.00. The summed E-state index contributed by atoms with van der Waals surface area (Å²) in [6.45, 7) is 0. The van der Waals surface area contributed by atoms with Crippen LogP contribution in [0.4, 0.5) is 0 Å². The van der Waals surface area contributed by atoms with E-state index in [-0.39, 0.29) is 0 Å². The smallest absolute Gasteiger partial charge is 0.118 e. The lowest BCUT2D eigenvalue weighted by Gasteiger charge is -2.18. The van der Waals surface area contributed by atoms with Gasteiger partial charge in [0.1, 0.15) is 5.75 Å². The fourth-order valence-corrected chi connectivity index (χ4v) is 5.38. The Morgan fingerprint density at radius 2 is 1.00 bits per heavy atom. The van der Waals surface area contributed by atoms with Crippen molar-refractivity contribution in [1.82, 2.24) is 9.97 Å². The minimum Gasteiger partial charge on any atom is -0.497 e. The maximum atomic E-state index is 5.41. The van der Waals surface area contributed by atoms with E-state index >= 15 is 0 Å². The lowest BCUT2D eigenvalue weighted by atomic mass is 9.86. The van der Waals surface area contributed by atoms with Crippen LogP contribution in [0.5, 0.6) is 5.75 Å². The number of hydrogen-bond acceptors (Lipinski definition) is 3. The first kappa shape index (κ1) is 20.6. The van der Waals surface area contributed by atoms with Crippen molar-refractivity contribution in [2.75, 3.05) is 7.11 Å². The Hall–Kier alpha value is -4.76. The van der Waals surface area contributed by atoms with E-state index in [1.54, 1.807) is 7.11 Å². The first-order chi connectivity index (χ1) is 17.8. The third-order valence-electron chi connectivity index (χ3n) is 7.04. The molecule has 0 atom stereocenters. The van der Waals surface area contributed by atoms with Crippen LogP contribution in [0.2, 0.25) is 0 Å². The third-order valence-corrected chi connectivity index (χ3v) is 7.04. The van der Waals surface area contributed by atoms with Crippen LogP contribution in [0.25, 0.3) is 65.6 Å². The topological polar surface area (TPSA) is 35.0 Å². The monoisotopic (exact) mass is 462 g/mol. The van der Waals surface area contributed by atoms with E-state index in [0.29, 0.717) is 0 Å². The molecule has 2 heterocycles. The van der Waals surface area contributed by atoms with Gasteiger partial charge in [0.25, 0.3) is 0 Å². The highest BCUT2D eigenvalue weighted by Gasteiger charge is 2.17. The number of hydrogen-bond donors (Lipinski definition) is 0. The van der Waals surface area contributed by atoms with Crippen LogP contribution in [0.15, 0.2) is 116 Å². The van der Waals surface area contributed by atoms with Crippen molar-refractivity contribution in [3.63, 3.8) is 0 Å². The van der Waals surface area contributed by atoms with Crippen LogP contribution in [-0.4, -0.2) is 17.1 Å². The van der Waals surface area contributed by atoms with Gasteiger partial charge in [-0.3, -0.25) is 9.97 Å². The van der Waals surface area contributed by atoms with E-state index < -0.39 is 0 Å². The molecule has 0 bridgehead atoms. The van der Waals surface area contributed by atoms with E-state index in [4.69, 9.17) is 9.72 Å². The van der Waals surface area contributed by atoms with Crippen molar-refractivity contribution in [3.8, 4) is 28.0 Å². The van der Waals surface area contributed by atoms with E-state index in [0.717, 1.165) is 33.1 Å². The summed E-state index contributed by atoms with van der Waals surface area (Å²) in [5.41, 5.74) is 6.59. The normalized spacial score (nSPS) is 11.5. The molecule has 0 N–H and O–H groups in total. The number of ether oxygens (including phenoxy) is 1.